The number of carbonyl (C=O) groups is 1. The van der Waals surface area contributed by atoms with Crippen molar-refractivity contribution < 1.29 is 15.0 Å². The number of aryl methyl sites for hydroxylation is 2. The van der Waals surface area contributed by atoms with Crippen LogP contribution in [0.3, 0.4) is 0 Å². The molecule has 0 aromatic heterocycles. The Hall–Kier alpha value is -1.59. The molecule has 0 spiro atoms. The highest BCUT2D eigenvalue weighted by molar-refractivity contribution is 5.96. The molecule has 0 saturated heterocycles. The van der Waals surface area contributed by atoms with E-state index in [0.29, 0.717) is 11.3 Å². The molecule has 17 heavy (non-hydrogen) atoms. The predicted molar refractivity (Wildman–Crippen MR) is 65.8 cm³/mol. The van der Waals surface area contributed by atoms with E-state index < -0.39 is 6.04 Å². The number of hydrogen-bond acceptors (Lipinski definition) is 4. The van der Waals surface area contributed by atoms with Gasteiger partial charge in [0.1, 0.15) is 0 Å². The van der Waals surface area contributed by atoms with Crippen LogP contribution in [0.2, 0.25) is 0 Å². The Morgan fingerprint density at radius 1 is 1.29 bits per heavy atom. The van der Waals surface area contributed by atoms with Crippen LogP contribution in [0.15, 0.2) is 12.1 Å². The van der Waals surface area contributed by atoms with E-state index in [4.69, 9.17) is 15.9 Å². The van der Waals surface area contributed by atoms with Gasteiger partial charge in [-0.3, -0.25) is 4.79 Å². The minimum absolute atomic E-state index is 0.303. The van der Waals surface area contributed by atoms with Gasteiger partial charge in [0.05, 0.1) is 19.3 Å². The molecule has 0 heterocycles. The van der Waals surface area contributed by atoms with Crippen molar-refractivity contribution in [1.29, 1.82) is 0 Å². The number of benzene rings is 1. The van der Waals surface area contributed by atoms with E-state index in [1.807, 2.05) is 19.9 Å². The number of nitrogens with two attached hydrogens (primary N) is 1. The maximum Gasteiger partial charge on any atom is 0.252 e. The number of hydrogen-bond donors (Lipinski definition) is 4. The Morgan fingerprint density at radius 3 is 2.41 bits per heavy atom. The maximum absolute atomic E-state index is 11.9. The number of rotatable bonds is 4. The fourth-order valence-electron chi connectivity index (χ4n) is 1.53. The molecule has 0 unspecified atom stereocenters. The lowest BCUT2D eigenvalue weighted by atomic mass is 10.0. The van der Waals surface area contributed by atoms with Crippen molar-refractivity contribution in [2.45, 2.75) is 19.9 Å². The van der Waals surface area contributed by atoms with E-state index in [1.165, 1.54) is 0 Å². The first-order chi connectivity index (χ1) is 7.99. The Morgan fingerprint density at radius 2 is 1.88 bits per heavy atom. The lowest BCUT2D eigenvalue weighted by Gasteiger charge is -2.15. The molecule has 5 heteroatoms. The number of carbonyl (C=O) groups excluding carboxylic acids is 1. The zero-order valence-corrected chi connectivity index (χ0v) is 10.0. The zero-order valence-electron chi connectivity index (χ0n) is 10.0. The van der Waals surface area contributed by atoms with Crippen LogP contribution >= 0.6 is 0 Å². The van der Waals surface area contributed by atoms with Crippen LogP contribution in [0, 0.1) is 13.8 Å². The second kappa shape index (κ2) is 5.65. The molecule has 0 bridgehead atoms. The first-order valence-electron chi connectivity index (χ1n) is 5.39. The standard InChI is InChI=1S/C12H18N2O3/c1-7-3-8(2)11(13)4-10(7)12(17)14-9(5-15)6-16/h3-4,9,15-16H,5-6,13H2,1-2H3,(H,14,17). The molecule has 0 fully saturated rings. The molecule has 1 aromatic rings. The third-order valence-corrected chi connectivity index (χ3v) is 2.63. The summed E-state index contributed by atoms with van der Waals surface area (Å²) in [5.41, 5.74) is 8.47. The van der Waals surface area contributed by atoms with E-state index >= 15 is 0 Å². The predicted octanol–water partition coefficient (Wildman–Crippen LogP) is -0.0314. The van der Waals surface area contributed by atoms with E-state index in [-0.39, 0.29) is 19.1 Å². The van der Waals surface area contributed by atoms with Gasteiger partial charge in [0.15, 0.2) is 0 Å². The lowest BCUT2D eigenvalue weighted by Crippen LogP contribution is -2.40. The normalized spacial score (nSPS) is 10.6. The minimum Gasteiger partial charge on any atom is -0.398 e. The fraction of sp³-hybridized carbons (Fsp3) is 0.417. The minimum atomic E-state index is -0.649. The molecule has 5 nitrogen and oxygen atoms in total. The van der Waals surface area contributed by atoms with Gasteiger partial charge in [0, 0.05) is 11.3 Å². The van der Waals surface area contributed by atoms with Crippen molar-refractivity contribution >= 4 is 11.6 Å². The molecular formula is C12H18N2O3. The molecule has 0 atom stereocenters. The SMILES string of the molecule is Cc1cc(C)c(C(=O)NC(CO)CO)cc1N. The van der Waals surface area contributed by atoms with Gasteiger partial charge in [-0.05, 0) is 31.0 Å². The molecule has 0 aliphatic heterocycles. The summed E-state index contributed by atoms with van der Waals surface area (Å²) in [7, 11) is 0. The monoisotopic (exact) mass is 238 g/mol. The van der Waals surface area contributed by atoms with Crippen LogP contribution < -0.4 is 11.1 Å². The molecular weight excluding hydrogens is 220 g/mol. The van der Waals surface area contributed by atoms with Gasteiger partial charge < -0.3 is 21.3 Å². The first-order valence-corrected chi connectivity index (χ1v) is 5.39. The molecule has 1 aromatic carbocycles. The smallest absolute Gasteiger partial charge is 0.252 e. The fourth-order valence-corrected chi connectivity index (χ4v) is 1.53. The van der Waals surface area contributed by atoms with Gasteiger partial charge in [-0.1, -0.05) is 6.07 Å². The van der Waals surface area contributed by atoms with Gasteiger partial charge in [-0.15, -0.1) is 0 Å². The summed E-state index contributed by atoms with van der Waals surface area (Å²) in [4.78, 5) is 11.9. The molecule has 5 N–H and O–H groups in total. The quantitative estimate of drug-likeness (QED) is 0.554. The van der Waals surface area contributed by atoms with Crippen molar-refractivity contribution in [3.05, 3.63) is 28.8 Å². The number of amides is 1. The van der Waals surface area contributed by atoms with Crippen molar-refractivity contribution in [3.8, 4) is 0 Å². The highest BCUT2D eigenvalue weighted by atomic mass is 16.3. The number of nitrogen functional groups attached to an aromatic ring is 1. The molecule has 0 aliphatic rings. The summed E-state index contributed by atoms with van der Waals surface area (Å²) >= 11 is 0. The van der Waals surface area contributed by atoms with Crippen LogP contribution in [0.25, 0.3) is 0 Å². The van der Waals surface area contributed by atoms with Gasteiger partial charge >= 0.3 is 0 Å². The summed E-state index contributed by atoms with van der Waals surface area (Å²) in [6.07, 6.45) is 0. The maximum atomic E-state index is 11.9. The lowest BCUT2D eigenvalue weighted by molar-refractivity contribution is 0.0879. The Bertz CT molecular complexity index is 414. The largest absolute Gasteiger partial charge is 0.398 e. The summed E-state index contributed by atoms with van der Waals surface area (Å²) in [6, 6.07) is 2.78. The summed E-state index contributed by atoms with van der Waals surface area (Å²) in [5, 5.41) is 20.3. The summed E-state index contributed by atoms with van der Waals surface area (Å²) in [5.74, 6) is -0.345. The van der Waals surface area contributed by atoms with Crippen molar-refractivity contribution in [2.75, 3.05) is 18.9 Å². The number of aliphatic hydroxyl groups excluding tert-OH is 2. The summed E-state index contributed by atoms with van der Waals surface area (Å²) < 4.78 is 0. The van der Waals surface area contributed by atoms with Crippen LogP contribution in [0.5, 0.6) is 0 Å². The van der Waals surface area contributed by atoms with Gasteiger partial charge in [-0.25, -0.2) is 0 Å². The highest BCUT2D eigenvalue weighted by Crippen LogP contribution is 2.17. The zero-order chi connectivity index (χ0) is 13.0. The summed E-state index contributed by atoms with van der Waals surface area (Å²) in [6.45, 7) is 3.08. The molecule has 1 rings (SSSR count). The average molecular weight is 238 g/mol. The van der Waals surface area contributed by atoms with Crippen molar-refractivity contribution in [2.24, 2.45) is 0 Å². The van der Waals surface area contributed by atoms with E-state index in [9.17, 15) is 4.79 Å². The topological polar surface area (TPSA) is 95.6 Å². The molecule has 94 valence electrons. The molecule has 0 aliphatic carbocycles. The van der Waals surface area contributed by atoms with E-state index in [1.54, 1.807) is 6.07 Å². The Labute approximate surface area is 100 Å². The van der Waals surface area contributed by atoms with Crippen molar-refractivity contribution in [1.82, 2.24) is 5.32 Å². The van der Waals surface area contributed by atoms with Gasteiger partial charge in [0.25, 0.3) is 5.91 Å². The third kappa shape index (κ3) is 3.18. The average Bonchev–Trinajstić information content (AvgIpc) is 2.30. The number of aliphatic hydroxyl groups is 2. The second-order valence-electron chi connectivity index (χ2n) is 4.06. The second-order valence-corrected chi connectivity index (χ2v) is 4.06. The third-order valence-electron chi connectivity index (χ3n) is 2.63. The van der Waals surface area contributed by atoms with Crippen LogP contribution in [-0.4, -0.2) is 35.4 Å². The van der Waals surface area contributed by atoms with Crippen LogP contribution in [0.1, 0.15) is 21.5 Å². The van der Waals surface area contributed by atoms with Crippen molar-refractivity contribution in [3.63, 3.8) is 0 Å². The van der Waals surface area contributed by atoms with Crippen LogP contribution in [-0.2, 0) is 0 Å². The van der Waals surface area contributed by atoms with Crippen LogP contribution in [0.4, 0.5) is 5.69 Å². The molecule has 1 amide bonds. The van der Waals surface area contributed by atoms with E-state index in [0.717, 1.165) is 11.1 Å². The van der Waals surface area contributed by atoms with E-state index in [2.05, 4.69) is 5.32 Å². The molecule has 0 radical (unpaired) electrons. The Balaban J connectivity index is 2.93. The highest BCUT2D eigenvalue weighted by Gasteiger charge is 2.14. The number of anilines is 1. The number of nitrogens with one attached hydrogen (secondary N) is 1. The first kappa shape index (κ1) is 13.5. The molecule has 0 saturated carbocycles. The Kier molecular flexibility index (Phi) is 4.48. The van der Waals surface area contributed by atoms with Gasteiger partial charge in [0.2, 0.25) is 0 Å². The van der Waals surface area contributed by atoms with Gasteiger partial charge in [-0.2, -0.15) is 0 Å².